The zero-order valence-electron chi connectivity index (χ0n) is 32.6. The largest absolute Gasteiger partial charge is 0.454 e. The first-order valence-electron chi connectivity index (χ1n) is 20.4. The summed E-state index contributed by atoms with van der Waals surface area (Å²) in [4.78, 5) is 16.2. The minimum absolute atomic E-state index is 0.562. The minimum atomic E-state index is 0.562. The first-order chi connectivity index (χ1) is 30.2. The van der Waals surface area contributed by atoms with Crippen LogP contribution in [0.25, 0.3) is 126 Å². The number of benzene rings is 9. The smallest absolute Gasteiger partial charge is 0.166 e. The van der Waals surface area contributed by atoms with E-state index in [1.165, 1.54) is 26.2 Å². The standard InChI is InChI=1S/C55H32N4OS/c1-2-14-33(15-3-1)34-18-12-19-37(30-34)53-56-54(58-55(57-53)44-24-13-23-42-40-22-8-11-27-49(40)61-52(42)44)43-29-28-41-39-21-7-10-26-48(39)60-51(41)50(43)59-46-25-9-6-20-38(46)45-31-35-16-4-5-17-36(35)32-47(45)59/h1-32H. The molecule has 0 fully saturated rings. The van der Waals surface area contributed by atoms with Crippen molar-refractivity contribution in [1.82, 2.24) is 19.5 Å². The molecule has 13 aromatic rings. The number of fused-ring (bicyclic) bond motifs is 10. The molecular weight excluding hydrogens is 765 g/mol. The van der Waals surface area contributed by atoms with Gasteiger partial charge in [-0.15, -0.1) is 11.3 Å². The highest BCUT2D eigenvalue weighted by atomic mass is 32.1. The van der Waals surface area contributed by atoms with Crippen LogP contribution in [-0.4, -0.2) is 19.5 Å². The molecule has 0 atom stereocenters. The molecule has 284 valence electrons. The normalized spacial score (nSPS) is 11.9. The quantitative estimate of drug-likeness (QED) is 0.174. The number of aromatic nitrogens is 4. The maximum Gasteiger partial charge on any atom is 0.166 e. The van der Waals surface area contributed by atoms with Gasteiger partial charge in [-0.2, -0.15) is 0 Å². The van der Waals surface area contributed by atoms with Crippen LogP contribution < -0.4 is 0 Å². The Labute approximate surface area is 353 Å². The van der Waals surface area contributed by atoms with E-state index in [9.17, 15) is 0 Å². The Balaban J connectivity index is 1.15. The molecule has 6 heteroatoms. The molecule has 0 aliphatic heterocycles. The molecule has 0 aliphatic rings. The van der Waals surface area contributed by atoms with Crippen molar-refractivity contribution in [2.24, 2.45) is 0 Å². The fourth-order valence-electron chi connectivity index (χ4n) is 9.21. The molecule has 0 amide bonds. The first-order valence-corrected chi connectivity index (χ1v) is 21.2. The van der Waals surface area contributed by atoms with Crippen LogP contribution in [0.3, 0.4) is 0 Å². The van der Waals surface area contributed by atoms with Crippen LogP contribution in [0.15, 0.2) is 199 Å². The molecule has 0 N–H and O–H groups in total. The Morgan fingerprint density at radius 2 is 1.05 bits per heavy atom. The Morgan fingerprint density at radius 1 is 0.393 bits per heavy atom. The molecular formula is C55H32N4OS. The van der Waals surface area contributed by atoms with Gasteiger partial charge < -0.3 is 8.98 Å². The fraction of sp³-hybridized carbons (Fsp3) is 0. The van der Waals surface area contributed by atoms with Crippen LogP contribution in [0.5, 0.6) is 0 Å². The van der Waals surface area contributed by atoms with Gasteiger partial charge in [0.25, 0.3) is 0 Å². The number of rotatable bonds is 5. The number of furan rings is 1. The van der Waals surface area contributed by atoms with Crippen LogP contribution in [0.2, 0.25) is 0 Å². The molecule has 0 aliphatic carbocycles. The summed E-state index contributed by atoms with van der Waals surface area (Å²) in [5, 5.41) is 9.19. The summed E-state index contributed by atoms with van der Waals surface area (Å²) in [6, 6.07) is 68.4. The van der Waals surface area contributed by atoms with Gasteiger partial charge in [-0.25, -0.2) is 15.0 Å². The van der Waals surface area contributed by atoms with Crippen LogP contribution in [0.1, 0.15) is 0 Å². The van der Waals surface area contributed by atoms with Crippen molar-refractivity contribution >= 4 is 86.0 Å². The fourth-order valence-corrected chi connectivity index (χ4v) is 10.4. The van der Waals surface area contributed by atoms with Crippen LogP contribution in [-0.2, 0) is 0 Å². The van der Waals surface area contributed by atoms with E-state index >= 15 is 0 Å². The van der Waals surface area contributed by atoms with Crippen molar-refractivity contribution in [2.45, 2.75) is 0 Å². The lowest BCUT2D eigenvalue weighted by molar-refractivity contribution is 0.666. The predicted octanol–water partition coefficient (Wildman–Crippen LogP) is 15.1. The van der Waals surface area contributed by atoms with Gasteiger partial charge in [0.05, 0.1) is 11.0 Å². The van der Waals surface area contributed by atoms with E-state index in [4.69, 9.17) is 19.4 Å². The maximum atomic E-state index is 6.95. The molecule has 0 unspecified atom stereocenters. The Bertz CT molecular complexity index is 3900. The van der Waals surface area contributed by atoms with Gasteiger partial charge in [-0.1, -0.05) is 140 Å². The second kappa shape index (κ2) is 13.3. The van der Waals surface area contributed by atoms with E-state index in [1.54, 1.807) is 11.3 Å². The van der Waals surface area contributed by atoms with Crippen molar-refractivity contribution in [3.63, 3.8) is 0 Å². The van der Waals surface area contributed by atoms with Crippen molar-refractivity contribution in [3.8, 4) is 51.0 Å². The lowest BCUT2D eigenvalue weighted by Gasteiger charge is -2.16. The zero-order valence-corrected chi connectivity index (χ0v) is 33.4. The summed E-state index contributed by atoms with van der Waals surface area (Å²) in [6.45, 7) is 0. The molecule has 0 spiro atoms. The molecule has 4 heterocycles. The number of thiophene rings is 1. The Kier molecular flexibility index (Phi) is 7.41. The third-order valence-corrected chi connectivity index (χ3v) is 13.3. The molecule has 13 rings (SSSR count). The Hall–Kier alpha value is -7.93. The molecule has 9 aromatic carbocycles. The summed E-state index contributed by atoms with van der Waals surface area (Å²) >= 11 is 1.78. The van der Waals surface area contributed by atoms with Gasteiger partial charge in [0.15, 0.2) is 23.1 Å². The van der Waals surface area contributed by atoms with Crippen molar-refractivity contribution in [2.75, 3.05) is 0 Å². The summed E-state index contributed by atoms with van der Waals surface area (Å²) in [7, 11) is 0. The van der Waals surface area contributed by atoms with E-state index in [2.05, 4.69) is 180 Å². The highest BCUT2D eigenvalue weighted by Gasteiger charge is 2.25. The monoisotopic (exact) mass is 796 g/mol. The zero-order chi connectivity index (χ0) is 40.0. The van der Waals surface area contributed by atoms with E-state index in [1.807, 2.05) is 18.2 Å². The number of para-hydroxylation sites is 2. The molecule has 0 radical (unpaired) electrons. The molecule has 0 saturated heterocycles. The summed E-state index contributed by atoms with van der Waals surface area (Å²) in [6.07, 6.45) is 0. The molecule has 0 bridgehead atoms. The van der Waals surface area contributed by atoms with Gasteiger partial charge in [0, 0.05) is 58.4 Å². The van der Waals surface area contributed by atoms with Crippen molar-refractivity contribution < 1.29 is 4.42 Å². The second-order valence-electron chi connectivity index (χ2n) is 15.5. The summed E-state index contributed by atoms with van der Waals surface area (Å²) in [5.74, 6) is 1.78. The van der Waals surface area contributed by atoms with Crippen LogP contribution in [0.4, 0.5) is 0 Å². The minimum Gasteiger partial charge on any atom is -0.454 e. The maximum absolute atomic E-state index is 6.95. The molecule has 5 nitrogen and oxygen atoms in total. The third-order valence-electron chi connectivity index (χ3n) is 12.0. The molecule has 0 saturated carbocycles. The van der Waals surface area contributed by atoms with Gasteiger partial charge in [0.2, 0.25) is 0 Å². The second-order valence-corrected chi connectivity index (χ2v) is 16.6. The van der Waals surface area contributed by atoms with Crippen LogP contribution in [0, 0.1) is 0 Å². The number of hydrogen-bond acceptors (Lipinski definition) is 5. The van der Waals surface area contributed by atoms with Crippen LogP contribution >= 0.6 is 11.3 Å². The van der Waals surface area contributed by atoms with E-state index < -0.39 is 0 Å². The van der Waals surface area contributed by atoms with E-state index in [0.29, 0.717) is 17.5 Å². The van der Waals surface area contributed by atoms with E-state index in [-0.39, 0.29) is 0 Å². The highest BCUT2D eigenvalue weighted by molar-refractivity contribution is 7.26. The van der Waals surface area contributed by atoms with Gasteiger partial charge in [-0.05, 0) is 76.5 Å². The van der Waals surface area contributed by atoms with E-state index in [0.717, 1.165) is 81.9 Å². The van der Waals surface area contributed by atoms with Crippen molar-refractivity contribution in [3.05, 3.63) is 194 Å². The number of hydrogen-bond donors (Lipinski definition) is 0. The highest BCUT2D eigenvalue weighted by Crippen LogP contribution is 2.44. The Morgan fingerprint density at radius 3 is 1.93 bits per heavy atom. The first kappa shape index (κ1) is 34.0. The number of nitrogens with zero attached hydrogens (tertiary/aromatic N) is 4. The van der Waals surface area contributed by atoms with Gasteiger partial charge in [-0.3, -0.25) is 0 Å². The average molecular weight is 797 g/mol. The summed E-state index contributed by atoms with van der Waals surface area (Å²) in [5.41, 5.74) is 9.58. The average Bonchev–Trinajstić information content (AvgIpc) is 4.00. The molecule has 61 heavy (non-hydrogen) atoms. The third kappa shape index (κ3) is 5.29. The van der Waals surface area contributed by atoms with Crippen molar-refractivity contribution in [1.29, 1.82) is 0 Å². The summed E-state index contributed by atoms with van der Waals surface area (Å²) < 4.78 is 11.7. The SMILES string of the molecule is c1ccc(-c2cccc(-c3nc(-c4ccc5c(oc6ccccc65)c4-n4c5ccccc5c5cc6ccccc6cc54)nc(-c4cccc5c4sc4ccccc45)n3)c2)cc1. The predicted molar refractivity (Wildman–Crippen MR) is 254 cm³/mol. The molecule has 4 aromatic heterocycles. The lowest BCUT2D eigenvalue weighted by Crippen LogP contribution is -2.04. The lowest BCUT2D eigenvalue weighted by atomic mass is 10.0. The van der Waals surface area contributed by atoms with Gasteiger partial charge >= 0.3 is 0 Å². The van der Waals surface area contributed by atoms with Gasteiger partial charge in [0.1, 0.15) is 11.3 Å². The topological polar surface area (TPSA) is 56.7 Å².